The molecular weight excluding hydrogens is 482 g/mol. The van der Waals surface area contributed by atoms with Crippen LogP contribution in [-0.2, 0) is 30.7 Å². The number of methoxy groups -OCH3 is 1. The van der Waals surface area contributed by atoms with Gasteiger partial charge in [-0.2, -0.15) is 5.10 Å². The van der Waals surface area contributed by atoms with Crippen LogP contribution in [0.2, 0.25) is 5.15 Å². The highest BCUT2D eigenvalue weighted by Crippen LogP contribution is 2.30. The average molecular weight is 512 g/mol. The van der Waals surface area contributed by atoms with Crippen molar-refractivity contribution in [2.45, 2.75) is 46.2 Å². The Kier molecular flexibility index (Phi) is 8.38. The maximum atomic E-state index is 12.6. The van der Waals surface area contributed by atoms with Crippen LogP contribution >= 0.6 is 11.6 Å². The summed E-state index contributed by atoms with van der Waals surface area (Å²) < 4.78 is 37.3. The van der Waals surface area contributed by atoms with E-state index in [0.29, 0.717) is 29.8 Å². The summed E-state index contributed by atoms with van der Waals surface area (Å²) in [7, 11) is -1.44. The smallest absolute Gasteiger partial charge is 0.331 e. The van der Waals surface area contributed by atoms with E-state index in [1.165, 1.54) is 16.8 Å². The molecule has 9 nitrogen and oxygen atoms in total. The van der Waals surface area contributed by atoms with Gasteiger partial charge < -0.3 is 14.0 Å². The molecule has 2 aromatic rings. The molecule has 0 aliphatic carbocycles. The lowest BCUT2D eigenvalue weighted by atomic mass is 10.1. The molecule has 3 heterocycles. The van der Waals surface area contributed by atoms with Crippen molar-refractivity contribution in [1.82, 2.24) is 14.3 Å². The maximum absolute atomic E-state index is 12.6. The highest BCUT2D eigenvalue weighted by atomic mass is 35.5. The van der Waals surface area contributed by atoms with Crippen molar-refractivity contribution in [3.8, 4) is 0 Å². The van der Waals surface area contributed by atoms with Crippen LogP contribution in [0.25, 0.3) is 6.08 Å². The number of Topliss-reactive ketones (excluding diaryl/α,β-unsaturated/α-hetero) is 1. The summed E-state index contributed by atoms with van der Waals surface area (Å²) in [6, 6.07) is 1.48. The van der Waals surface area contributed by atoms with E-state index < -0.39 is 15.8 Å². The molecule has 1 saturated heterocycles. The van der Waals surface area contributed by atoms with Crippen molar-refractivity contribution in [2.24, 2.45) is 0 Å². The van der Waals surface area contributed by atoms with Gasteiger partial charge in [0, 0.05) is 48.9 Å². The Labute approximate surface area is 204 Å². The van der Waals surface area contributed by atoms with Gasteiger partial charge in [0.15, 0.2) is 16.4 Å². The molecule has 1 fully saturated rings. The molecule has 186 valence electrons. The van der Waals surface area contributed by atoms with Crippen molar-refractivity contribution < 1.29 is 27.5 Å². The summed E-state index contributed by atoms with van der Waals surface area (Å²) in [5.74, 6) is -0.867. The van der Waals surface area contributed by atoms with Gasteiger partial charge in [-0.05, 0) is 45.8 Å². The van der Waals surface area contributed by atoms with Crippen LogP contribution < -0.4 is 0 Å². The van der Waals surface area contributed by atoms with Crippen LogP contribution in [0, 0.1) is 20.8 Å². The fourth-order valence-electron chi connectivity index (χ4n) is 4.14. The molecule has 0 radical (unpaired) electrons. The highest BCUT2D eigenvalue weighted by molar-refractivity contribution is 7.91. The predicted molar refractivity (Wildman–Crippen MR) is 129 cm³/mol. The van der Waals surface area contributed by atoms with Gasteiger partial charge in [0.1, 0.15) is 5.15 Å². The van der Waals surface area contributed by atoms with Gasteiger partial charge in [-0.25, -0.2) is 17.9 Å². The zero-order chi connectivity index (χ0) is 25.0. The lowest BCUT2D eigenvalue weighted by Crippen LogP contribution is -2.14. The zero-order valence-corrected chi connectivity index (χ0v) is 21.4. The Balaban J connectivity index is 1.61. The third kappa shape index (κ3) is 5.97. The molecule has 1 unspecified atom stereocenters. The molecule has 1 aliphatic rings. The number of esters is 1. The average Bonchev–Trinajstić information content (AvgIpc) is 3.38. The van der Waals surface area contributed by atoms with Crippen molar-refractivity contribution in [3.63, 3.8) is 0 Å². The van der Waals surface area contributed by atoms with E-state index in [4.69, 9.17) is 21.1 Å². The van der Waals surface area contributed by atoms with Crippen molar-refractivity contribution in [3.05, 3.63) is 45.5 Å². The van der Waals surface area contributed by atoms with Crippen molar-refractivity contribution in [2.75, 3.05) is 31.8 Å². The predicted octanol–water partition coefficient (Wildman–Crippen LogP) is 3.10. The molecule has 0 spiro atoms. The number of nitrogens with zero attached hydrogens (tertiary/aromatic N) is 3. The molecule has 1 atom stereocenters. The number of carbonyl (C=O) groups is 2. The Morgan fingerprint density at radius 3 is 2.68 bits per heavy atom. The zero-order valence-electron chi connectivity index (χ0n) is 19.8. The summed E-state index contributed by atoms with van der Waals surface area (Å²) in [6.45, 7) is 6.51. The summed E-state index contributed by atoms with van der Waals surface area (Å²) in [6.07, 6.45) is 3.94. The molecule has 34 heavy (non-hydrogen) atoms. The molecule has 0 saturated carbocycles. The standard InChI is InChI=1S/C23H30ClN3O6S/c1-15-12-20(17(3)26(15)9-5-10-32-4)21(28)13-33-22(29)7-6-19-16(2)25-27(23(19)24)18-8-11-34(30,31)14-18/h6-7,12,18H,5,8-11,13-14H2,1-4H3/b7-6+. The molecule has 11 heteroatoms. The van der Waals surface area contributed by atoms with E-state index in [1.807, 2.05) is 18.4 Å². The highest BCUT2D eigenvalue weighted by Gasteiger charge is 2.31. The Morgan fingerprint density at radius 2 is 2.03 bits per heavy atom. The van der Waals surface area contributed by atoms with Crippen LogP contribution in [-0.4, -0.2) is 66.3 Å². The van der Waals surface area contributed by atoms with Crippen LogP contribution in [0.5, 0.6) is 0 Å². The third-order valence-corrected chi connectivity index (χ3v) is 8.09. The van der Waals surface area contributed by atoms with Crippen LogP contribution in [0.3, 0.4) is 0 Å². The fourth-order valence-corrected chi connectivity index (χ4v) is 6.21. The number of ketones is 1. The lowest BCUT2D eigenvalue weighted by Gasteiger charge is -2.09. The van der Waals surface area contributed by atoms with E-state index in [9.17, 15) is 18.0 Å². The number of ether oxygens (including phenoxy) is 2. The fraction of sp³-hybridized carbons (Fsp3) is 0.522. The Bertz CT molecular complexity index is 1210. The molecule has 0 amide bonds. The summed E-state index contributed by atoms with van der Waals surface area (Å²) in [5.41, 5.74) is 3.39. The number of hydrogen-bond acceptors (Lipinski definition) is 7. The number of halogens is 1. The second-order valence-electron chi connectivity index (χ2n) is 8.44. The Hall–Kier alpha value is -2.43. The van der Waals surface area contributed by atoms with E-state index in [-0.39, 0.29) is 35.1 Å². The summed E-state index contributed by atoms with van der Waals surface area (Å²) in [4.78, 5) is 24.9. The van der Waals surface area contributed by atoms with Gasteiger partial charge in [-0.15, -0.1) is 0 Å². The largest absolute Gasteiger partial charge is 0.454 e. The lowest BCUT2D eigenvalue weighted by molar-refractivity contribution is -0.136. The minimum Gasteiger partial charge on any atom is -0.454 e. The Morgan fingerprint density at radius 1 is 1.29 bits per heavy atom. The number of hydrogen-bond donors (Lipinski definition) is 0. The molecule has 0 aromatic carbocycles. The van der Waals surface area contributed by atoms with E-state index in [2.05, 4.69) is 5.10 Å². The molecule has 0 N–H and O–H groups in total. The second kappa shape index (κ2) is 10.9. The molecule has 0 bridgehead atoms. The van der Waals surface area contributed by atoms with Gasteiger partial charge in [0.05, 0.1) is 23.2 Å². The second-order valence-corrected chi connectivity index (χ2v) is 11.0. The number of sulfone groups is 1. The summed E-state index contributed by atoms with van der Waals surface area (Å²) >= 11 is 6.41. The number of aromatic nitrogens is 3. The van der Waals surface area contributed by atoms with E-state index in [0.717, 1.165) is 24.4 Å². The first kappa shape index (κ1) is 26.2. The van der Waals surface area contributed by atoms with Gasteiger partial charge in [-0.3, -0.25) is 4.79 Å². The minimum absolute atomic E-state index is 0.00581. The normalized spacial score (nSPS) is 17.5. The molecule has 1 aliphatic heterocycles. The first-order valence-electron chi connectivity index (χ1n) is 11.0. The number of rotatable bonds is 10. The van der Waals surface area contributed by atoms with E-state index in [1.54, 1.807) is 20.1 Å². The topological polar surface area (TPSA) is 109 Å². The van der Waals surface area contributed by atoms with Crippen molar-refractivity contribution in [1.29, 1.82) is 0 Å². The van der Waals surface area contributed by atoms with Crippen LogP contribution in [0.4, 0.5) is 0 Å². The first-order chi connectivity index (χ1) is 16.0. The van der Waals surface area contributed by atoms with Gasteiger partial charge in [0.2, 0.25) is 5.78 Å². The minimum atomic E-state index is -3.09. The third-order valence-electron chi connectivity index (χ3n) is 5.96. The molecular formula is C23H30ClN3O6S. The number of carbonyl (C=O) groups excluding carboxylic acids is 2. The van der Waals surface area contributed by atoms with Gasteiger partial charge in [-0.1, -0.05) is 11.6 Å². The molecule has 3 rings (SSSR count). The monoisotopic (exact) mass is 511 g/mol. The van der Waals surface area contributed by atoms with Gasteiger partial charge in [0.25, 0.3) is 0 Å². The quantitative estimate of drug-likeness (QED) is 0.208. The SMILES string of the molecule is COCCCn1c(C)cc(C(=O)COC(=O)/C=C/c2c(C)nn(C3CCS(=O)(=O)C3)c2Cl)c1C. The molecule has 2 aromatic heterocycles. The van der Waals surface area contributed by atoms with E-state index >= 15 is 0 Å². The first-order valence-corrected chi connectivity index (χ1v) is 13.2. The number of aryl methyl sites for hydroxylation is 2. The van der Waals surface area contributed by atoms with Crippen LogP contribution in [0.1, 0.15) is 51.9 Å². The summed E-state index contributed by atoms with van der Waals surface area (Å²) in [5, 5.41) is 4.61. The van der Waals surface area contributed by atoms with Crippen LogP contribution in [0.15, 0.2) is 12.1 Å². The van der Waals surface area contributed by atoms with Crippen molar-refractivity contribution >= 4 is 39.3 Å². The van der Waals surface area contributed by atoms with Gasteiger partial charge >= 0.3 is 5.97 Å². The maximum Gasteiger partial charge on any atom is 0.331 e.